The van der Waals surface area contributed by atoms with Crippen molar-refractivity contribution in [3.63, 3.8) is 0 Å². The number of ether oxygens (including phenoxy) is 1. The summed E-state index contributed by atoms with van der Waals surface area (Å²) >= 11 is 0. The van der Waals surface area contributed by atoms with E-state index in [4.69, 9.17) is 4.74 Å². The second kappa shape index (κ2) is 6.02. The molecular formula is C13H16F2N4O2. The van der Waals surface area contributed by atoms with E-state index in [0.29, 0.717) is 0 Å². The molecule has 0 aromatic carbocycles. The van der Waals surface area contributed by atoms with Crippen molar-refractivity contribution in [2.24, 2.45) is 0 Å². The van der Waals surface area contributed by atoms with Gasteiger partial charge in [0.05, 0.1) is 7.11 Å². The number of likely N-dealkylation sites (tertiary alicyclic amines) is 1. The van der Waals surface area contributed by atoms with Gasteiger partial charge in [0.15, 0.2) is 0 Å². The number of methoxy groups -OCH3 is 1. The van der Waals surface area contributed by atoms with Crippen molar-refractivity contribution in [1.82, 2.24) is 14.9 Å². The monoisotopic (exact) mass is 298 g/mol. The number of amides is 1. The Kier molecular flexibility index (Phi) is 4.35. The third kappa shape index (κ3) is 3.45. The van der Waals surface area contributed by atoms with Crippen LogP contribution in [0.25, 0.3) is 0 Å². The smallest absolute Gasteiger partial charge is 0.271 e. The Morgan fingerprint density at radius 2 is 2.38 bits per heavy atom. The number of nitrogens with zero attached hydrogens (tertiary/aromatic N) is 3. The Hall–Kier alpha value is -2.25. The predicted molar refractivity (Wildman–Crippen MR) is 72.3 cm³/mol. The number of aromatic nitrogens is 2. The number of piperidine rings is 1. The quantitative estimate of drug-likeness (QED) is 0.849. The van der Waals surface area contributed by atoms with Crippen LogP contribution in [0.4, 0.5) is 14.6 Å². The van der Waals surface area contributed by atoms with Gasteiger partial charge in [-0.05, 0) is 6.08 Å². The Labute approximate surface area is 120 Å². The molecule has 0 saturated carbocycles. The Bertz CT molecular complexity index is 539. The van der Waals surface area contributed by atoms with Gasteiger partial charge >= 0.3 is 0 Å². The zero-order chi connectivity index (χ0) is 15.5. The Balaban J connectivity index is 2.14. The van der Waals surface area contributed by atoms with Crippen LogP contribution in [-0.2, 0) is 4.79 Å². The normalized spacial score (nSPS) is 20.7. The van der Waals surface area contributed by atoms with Crippen molar-refractivity contribution in [1.29, 1.82) is 0 Å². The molecule has 1 aliphatic heterocycles. The van der Waals surface area contributed by atoms with Crippen LogP contribution >= 0.6 is 0 Å². The third-order valence-corrected chi connectivity index (χ3v) is 3.29. The topological polar surface area (TPSA) is 67.4 Å². The number of rotatable bonds is 4. The molecule has 6 nitrogen and oxygen atoms in total. The summed E-state index contributed by atoms with van der Waals surface area (Å²) in [5.74, 6) is -2.81. The molecule has 2 heterocycles. The van der Waals surface area contributed by atoms with Crippen LogP contribution < -0.4 is 10.1 Å². The van der Waals surface area contributed by atoms with Crippen LogP contribution in [0.2, 0.25) is 0 Å². The zero-order valence-electron chi connectivity index (χ0n) is 11.6. The summed E-state index contributed by atoms with van der Waals surface area (Å²) in [4.78, 5) is 20.6. The number of nitrogens with one attached hydrogen (secondary N) is 1. The highest BCUT2D eigenvalue weighted by atomic mass is 19.3. The molecule has 1 fully saturated rings. The molecule has 1 amide bonds. The van der Waals surface area contributed by atoms with Gasteiger partial charge in [-0.1, -0.05) is 6.58 Å². The molecular weight excluding hydrogens is 282 g/mol. The summed E-state index contributed by atoms with van der Waals surface area (Å²) in [7, 11) is 1.42. The summed E-state index contributed by atoms with van der Waals surface area (Å²) in [6, 6.07) is 0.194. The van der Waals surface area contributed by atoms with E-state index >= 15 is 0 Å². The van der Waals surface area contributed by atoms with Crippen molar-refractivity contribution < 1.29 is 18.3 Å². The molecule has 0 radical (unpaired) electrons. The number of anilines is 1. The maximum Gasteiger partial charge on any atom is 0.271 e. The fourth-order valence-corrected chi connectivity index (χ4v) is 2.09. The molecule has 1 aliphatic rings. The average Bonchev–Trinajstić information content (AvgIpc) is 2.48. The van der Waals surface area contributed by atoms with Crippen molar-refractivity contribution in [2.75, 3.05) is 25.5 Å². The van der Waals surface area contributed by atoms with Crippen LogP contribution in [0.3, 0.4) is 0 Å². The molecule has 21 heavy (non-hydrogen) atoms. The predicted octanol–water partition coefficient (Wildman–Crippen LogP) is 1.32. The summed E-state index contributed by atoms with van der Waals surface area (Å²) in [5.41, 5.74) is 0. The van der Waals surface area contributed by atoms with Gasteiger partial charge in [-0.15, -0.1) is 0 Å². The number of hydrogen-bond acceptors (Lipinski definition) is 5. The molecule has 114 valence electrons. The minimum atomic E-state index is -2.93. The lowest BCUT2D eigenvalue weighted by Gasteiger charge is -2.38. The Morgan fingerprint density at radius 3 is 3.05 bits per heavy atom. The molecule has 1 saturated heterocycles. The maximum absolute atomic E-state index is 14.0. The second-order valence-corrected chi connectivity index (χ2v) is 4.64. The SMILES string of the molecule is C=CC(=O)N1CCC(F)(F)[C@H](Nc2cc(OC)ncn2)C1. The molecule has 1 atom stereocenters. The number of alkyl halides is 2. The Morgan fingerprint density at radius 1 is 1.62 bits per heavy atom. The van der Waals surface area contributed by atoms with Crippen molar-refractivity contribution >= 4 is 11.7 Å². The molecule has 0 unspecified atom stereocenters. The molecule has 1 aromatic rings. The highest BCUT2D eigenvalue weighted by molar-refractivity contribution is 5.87. The van der Waals surface area contributed by atoms with Crippen molar-refractivity contribution in [2.45, 2.75) is 18.4 Å². The van der Waals surface area contributed by atoms with Crippen LogP contribution in [0.1, 0.15) is 6.42 Å². The van der Waals surface area contributed by atoms with Crippen molar-refractivity contribution in [3.8, 4) is 5.88 Å². The van der Waals surface area contributed by atoms with E-state index in [1.165, 1.54) is 24.4 Å². The summed E-state index contributed by atoms with van der Waals surface area (Å²) in [6.07, 6.45) is 1.93. The molecule has 0 aliphatic carbocycles. The van der Waals surface area contributed by atoms with E-state index in [0.717, 1.165) is 6.08 Å². The number of hydrogen-bond donors (Lipinski definition) is 1. The lowest BCUT2D eigenvalue weighted by Crippen LogP contribution is -2.55. The highest BCUT2D eigenvalue weighted by Crippen LogP contribution is 2.30. The van der Waals surface area contributed by atoms with E-state index in [2.05, 4.69) is 21.9 Å². The first-order valence-electron chi connectivity index (χ1n) is 6.38. The van der Waals surface area contributed by atoms with Gasteiger partial charge in [0.1, 0.15) is 18.2 Å². The first kappa shape index (κ1) is 15.1. The minimum absolute atomic E-state index is 0.00310. The number of halogens is 2. The van der Waals surface area contributed by atoms with Gasteiger partial charge in [0.2, 0.25) is 11.8 Å². The second-order valence-electron chi connectivity index (χ2n) is 4.64. The van der Waals surface area contributed by atoms with Crippen LogP contribution in [0.15, 0.2) is 25.0 Å². The van der Waals surface area contributed by atoms with E-state index in [9.17, 15) is 13.6 Å². The molecule has 0 spiro atoms. The fourth-order valence-electron chi connectivity index (χ4n) is 2.09. The van der Waals surface area contributed by atoms with Gasteiger partial charge in [-0.2, -0.15) is 0 Å². The van der Waals surface area contributed by atoms with E-state index in [1.54, 1.807) is 0 Å². The first-order chi connectivity index (χ1) is 9.96. The summed E-state index contributed by atoms with van der Waals surface area (Å²) in [5, 5.41) is 2.65. The van der Waals surface area contributed by atoms with Crippen molar-refractivity contribution in [3.05, 3.63) is 25.0 Å². The summed E-state index contributed by atoms with van der Waals surface area (Å²) in [6.45, 7) is 3.25. The van der Waals surface area contributed by atoms with Crippen LogP contribution in [0, 0.1) is 0 Å². The fraction of sp³-hybridized carbons (Fsp3) is 0.462. The van der Waals surface area contributed by atoms with Gasteiger partial charge in [-0.3, -0.25) is 4.79 Å². The maximum atomic E-state index is 14.0. The molecule has 2 rings (SSSR count). The van der Waals surface area contributed by atoms with Gasteiger partial charge < -0.3 is 15.0 Å². The van der Waals surface area contributed by atoms with Gasteiger partial charge in [0, 0.05) is 25.6 Å². The standard InChI is InChI=1S/C13H16F2N4O2/c1-3-12(20)19-5-4-13(14,15)9(7-19)18-10-6-11(21-2)17-8-16-10/h3,6,8-9H,1,4-5,7H2,2H3,(H,16,17,18)/t9-/m1/s1. The van der Waals surface area contributed by atoms with E-state index in [-0.39, 0.29) is 30.7 Å². The first-order valence-corrected chi connectivity index (χ1v) is 6.38. The van der Waals surface area contributed by atoms with E-state index < -0.39 is 18.4 Å². The number of carbonyl (C=O) groups excluding carboxylic acids is 1. The van der Waals surface area contributed by atoms with Gasteiger partial charge in [-0.25, -0.2) is 18.7 Å². The average molecular weight is 298 g/mol. The molecule has 8 heteroatoms. The van der Waals surface area contributed by atoms with E-state index in [1.807, 2.05) is 0 Å². The molecule has 1 N–H and O–H groups in total. The summed E-state index contributed by atoms with van der Waals surface area (Å²) < 4.78 is 32.9. The zero-order valence-corrected chi connectivity index (χ0v) is 11.6. The lowest BCUT2D eigenvalue weighted by atomic mass is 10.0. The lowest BCUT2D eigenvalue weighted by molar-refractivity contribution is -0.133. The molecule has 0 bridgehead atoms. The third-order valence-electron chi connectivity index (χ3n) is 3.29. The van der Waals surface area contributed by atoms with Crippen LogP contribution in [-0.4, -0.2) is 52.9 Å². The highest BCUT2D eigenvalue weighted by Gasteiger charge is 2.45. The largest absolute Gasteiger partial charge is 0.481 e. The minimum Gasteiger partial charge on any atom is -0.481 e. The molecule has 1 aromatic heterocycles. The van der Waals surface area contributed by atoms with Crippen LogP contribution in [0.5, 0.6) is 5.88 Å². The number of carbonyl (C=O) groups is 1. The van der Waals surface area contributed by atoms with Gasteiger partial charge in [0.25, 0.3) is 5.92 Å².